The Morgan fingerprint density at radius 2 is 2.21 bits per heavy atom. The molecule has 3 N–H and O–H groups in total. The average Bonchev–Trinajstić information content (AvgIpc) is 2.75. The Bertz CT molecular complexity index is 553. The smallest absolute Gasteiger partial charge is 0.123 e. The summed E-state index contributed by atoms with van der Waals surface area (Å²) in [6.07, 6.45) is 0. The van der Waals surface area contributed by atoms with Crippen LogP contribution in [-0.4, -0.2) is 11.6 Å². The lowest BCUT2D eigenvalue weighted by molar-refractivity contribution is 0.340. The molecule has 0 spiro atoms. The summed E-state index contributed by atoms with van der Waals surface area (Å²) in [5, 5.41) is 6.52. The number of hydrogen-bond donors (Lipinski definition) is 2. The van der Waals surface area contributed by atoms with Crippen LogP contribution in [0.25, 0.3) is 0 Å². The standard InChI is InChI=1S/C14H19N3OS/c1-4-18-13-6-11(15)5-12(7-13)17-10(3)14-16-9(2)8-19-14/h5-8,10,17H,4,15H2,1-3H3. The molecule has 0 fully saturated rings. The molecule has 1 aromatic carbocycles. The molecular formula is C14H19N3OS. The van der Waals surface area contributed by atoms with Crippen LogP contribution in [0.4, 0.5) is 11.4 Å². The molecule has 0 aliphatic heterocycles. The molecule has 1 heterocycles. The molecule has 0 bridgehead atoms. The summed E-state index contributed by atoms with van der Waals surface area (Å²) >= 11 is 1.66. The summed E-state index contributed by atoms with van der Waals surface area (Å²) in [6.45, 7) is 6.67. The van der Waals surface area contributed by atoms with Crippen LogP contribution in [0.1, 0.15) is 30.6 Å². The van der Waals surface area contributed by atoms with E-state index < -0.39 is 0 Å². The average molecular weight is 277 g/mol. The van der Waals surface area contributed by atoms with Crippen LogP contribution in [0, 0.1) is 6.92 Å². The maximum atomic E-state index is 5.88. The minimum Gasteiger partial charge on any atom is -0.494 e. The van der Waals surface area contributed by atoms with Crippen LogP contribution in [0.15, 0.2) is 23.6 Å². The highest BCUT2D eigenvalue weighted by molar-refractivity contribution is 7.09. The van der Waals surface area contributed by atoms with Gasteiger partial charge >= 0.3 is 0 Å². The zero-order valence-corrected chi connectivity index (χ0v) is 12.3. The Kier molecular flexibility index (Phi) is 4.27. The van der Waals surface area contributed by atoms with Gasteiger partial charge in [0.15, 0.2) is 0 Å². The number of ether oxygens (including phenoxy) is 1. The number of benzene rings is 1. The SMILES string of the molecule is CCOc1cc(N)cc(NC(C)c2nc(C)cs2)c1. The normalized spacial score (nSPS) is 12.2. The first-order valence-corrected chi connectivity index (χ1v) is 7.18. The Balaban J connectivity index is 2.14. The third-order valence-corrected chi connectivity index (χ3v) is 3.78. The lowest BCUT2D eigenvalue weighted by Gasteiger charge is -2.14. The zero-order valence-electron chi connectivity index (χ0n) is 11.4. The molecule has 0 saturated carbocycles. The molecule has 0 aliphatic rings. The van der Waals surface area contributed by atoms with Crippen LogP contribution >= 0.6 is 11.3 Å². The Labute approximate surface area is 117 Å². The summed E-state index contributed by atoms with van der Waals surface area (Å²) in [5.74, 6) is 0.785. The fourth-order valence-corrected chi connectivity index (χ4v) is 2.64. The highest BCUT2D eigenvalue weighted by atomic mass is 32.1. The van der Waals surface area contributed by atoms with Gasteiger partial charge in [0.05, 0.1) is 12.6 Å². The van der Waals surface area contributed by atoms with E-state index in [9.17, 15) is 0 Å². The van der Waals surface area contributed by atoms with Gasteiger partial charge < -0.3 is 15.8 Å². The first kappa shape index (κ1) is 13.7. The van der Waals surface area contributed by atoms with Gasteiger partial charge in [-0.25, -0.2) is 4.98 Å². The molecular weight excluding hydrogens is 258 g/mol. The van der Waals surface area contributed by atoms with Gasteiger partial charge in [0.25, 0.3) is 0 Å². The van der Waals surface area contributed by atoms with Crippen LogP contribution in [0.5, 0.6) is 5.75 Å². The van der Waals surface area contributed by atoms with Crippen molar-refractivity contribution in [2.75, 3.05) is 17.7 Å². The number of thiazole rings is 1. The van der Waals surface area contributed by atoms with E-state index in [0.29, 0.717) is 12.3 Å². The van der Waals surface area contributed by atoms with E-state index in [1.807, 2.05) is 32.0 Å². The Morgan fingerprint density at radius 1 is 1.42 bits per heavy atom. The largest absolute Gasteiger partial charge is 0.494 e. The van der Waals surface area contributed by atoms with Crippen LogP contribution in [0.2, 0.25) is 0 Å². The van der Waals surface area contributed by atoms with Crippen molar-refractivity contribution in [1.29, 1.82) is 0 Å². The van der Waals surface area contributed by atoms with Crippen molar-refractivity contribution >= 4 is 22.7 Å². The minimum atomic E-state index is 0.148. The van der Waals surface area contributed by atoms with Crippen molar-refractivity contribution in [3.8, 4) is 5.75 Å². The highest BCUT2D eigenvalue weighted by Crippen LogP contribution is 2.27. The molecule has 0 radical (unpaired) electrons. The fraction of sp³-hybridized carbons (Fsp3) is 0.357. The van der Waals surface area contributed by atoms with Crippen molar-refractivity contribution in [1.82, 2.24) is 4.98 Å². The fourth-order valence-electron chi connectivity index (χ4n) is 1.84. The van der Waals surface area contributed by atoms with E-state index >= 15 is 0 Å². The zero-order chi connectivity index (χ0) is 13.8. The molecule has 19 heavy (non-hydrogen) atoms. The molecule has 0 amide bonds. The van der Waals surface area contributed by atoms with E-state index in [-0.39, 0.29) is 6.04 Å². The number of nitrogens with one attached hydrogen (secondary N) is 1. The number of aromatic nitrogens is 1. The van der Waals surface area contributed by atoms with Gasteiger partial charge in [0.2, 0.25) is 0 Å². The van der Waals surface area contributed by atoms with E-state index in [0.717, 1.165) is 22.1 Å². The summed E-state index contributed by atoms with van der Waals surface area (Å²) in [5.41, 5.74) is 8.57. The van der Waals surface area contributed by atoms with Gasteiger partial charge in [-0.3, -0.25) is 0 Å². The Morgan fingerprint density at radius 3 is 2.84 bits per heavy atom. The van der Waals surface area contributed by atoms with Crippen LogP contribution in [-0.2, 0) is 0 Å². The lowest BCUT2D eigenvalue weighted by Crippen LogP contribution is -2.07. The summed E-state index contributed by atoms with van der Waals surface area (Å²) < 4.78 is 5.49. The molecule has 1 unspecified atom stereocenters. The molecule has 102 valence electrons. The Hall–Kier alpha value is -1.75. The molecule has 0 saturated heterocycles. The monoisotopic (exact) mass is 277 g/mol. The summed E-state index contributed by atoms with van der Waals surface area (Å²) in [7, 11) is 0. The predicted molar refractivity (Wildman–Crippen MR) is 80.9 cm³/mol. The second-order valence-corrected chi connectivity index (χ2v) is 5.31. The van der Waals surface area contributed by atoms with Crippen molar-refractivity contribution in [2.45, 2.75) is 26.8 Å². The first-order chi connectivity index (χ1) is 9.08. The third-order valence-electron chi connectivity index (χ3n) is 2.63. The second kappa shape index (κ2) is 5.93. The number of anilines is 2. The first-order valence-electron chi connectivity index (χ1n) is 6.30. The number of rotatable bonds is 5. The lowest BCUT2D eigenvalue weighted by atomic mass is 10.2. The molecule has 0 aliphatic carbocycles. The van der Waals surface area contributed by atoms with E-state index in [1.165, 1.54) is 0 Å². The van der Waals surface area contributed by atoms with Gasteiger partial charge in [0.1, 0.15) is 10.8 Å². The molecule has 1 atom stereocenters. The molecule has 2 aromatic rings. The number of aryl methyl sites for hydroxylation is 1. The number of nitrogens with two attached hydrogens (primary N) is 1. The number of hydrogen-bond acceptors (Lipinski definition) is 5. The van der Waals surface area contributed by atoms with Crippen molar-refractivity contribution in [3.05, 3.63) is 34.3 Å². The molecule has 4 nitrogen and oxygen atoms in total. The molecule has 1 aromatic heterocycles. The van der Waals surface area contributed by atoms with Gasteiger partial charge in [-0.05, 0) is 26.8 Å². The van der Waals surface area contributed by atoms with E-state index in [4.69, 9.17) is 10.5 Å². The maximum Gasteiger partial charge on any atom is 0.123 e. The predicted octanol–water partition coefficient (Wildman–Crippen LogP) is 3.61. The topological polar surface area (TPSA) is 60.2 Å². The molecule has 5 heteroatoms. The van der Waals surface area contributed by atoms with Crippen molar-refractivity contribution < 1.29 is 4.74 Å². The van der Waals surface area contributed by atoms with Crippen LogP contribution < -0.4 is 15.8 Å². The van der Waals surface area contributed by atoms with E-state index in [1.54, 1.807) is 11.3 Å². The quantitative estimate of drug-likeness (QED) is 0.820. The molecule has 2 rings (SSSR count). The van der Waals surface area contributed by atoms with Crippen molar-refractivity contribution in [3.63, 3.8) is 0 Å². The van der Waals surface area contributed by atoms with E-state index in [2.05, 4.69) is 22.6 Å². The maximum absolute atomic E-state index is 5.88. The number of nitrogens with zero attached hydrogens (tertiary/aromatic N) is 1. The van der Waals surface area contributed by atoms with Gasteiger partial charge in [-0.2, -0.15) is 0 Å². The summed E-state index contributed by atoms with van der Waals surface area (Å²) in [6, 6.07) is 5.83. The van der Waals surface area contributed by atoms with Gasteiger partial charge in [0, 0.05) is 34.6 Å². The third kappa shape index (κ3) is 3.61. The summed E-state index contributed by atoms with van der Waals surface area (Å²) in [4.78, 5) is 4.48. The van der Waals surface area contributed by atoms with Crippen LogP contribution in [0.3, 0.4) is 0 Å². The second-order valence-electron chi connectivity index (χ2n) is 4.42. The van der Waals surface area contributed by atoms with Gasteiger partial charge in [-0.1, -0.05) is 0 Å². The number of nitrogen functional groups attached to an aromatic ring is 1. The van der Waals surface area contributed by atoms with Gasteiger partial charge in [-0.15, -0.1) is 11.3 Å². The minimum absolute atomic E-state index is 0.148. The van der Waals surface area contributed by atoms with Crippen molar-refractivity contribution in [2.24, 2.45) is 0 Å². The highest BCUT2D eigenvalue weighted by Gasteiger charge is 2.10.